The summed E-state index contributed by atoms with van der Waals surface area (Å²) in [4.78, 5) is 0. The first-order valence-corrected chi connectivity index (χ1v) is 7.11. The summed E-state index contributed by atoms with van der Waals surface area (Å²) in [6.07, 6.45) is 1.56. The molecule has 2 nitrogen and oxygen atoms in total. The largest absolute Gasteiger partial charge is 0.493 e. The minimum Gasteiger partial charge on any atom is -0.493 e. The number of hydrogen-bond donors (Lipinski definition) is 1. The van der Waals surface area contributed by atoms with Crippen LogP contribution in [0.25, 0.3) is 0 Å². The predicted octanol–water partition coefficient (Wildman–Crippen LogP) is 3.23. The van der Waals surface area contributed by atoms with Crippen molar-refractivity contribution in [3.8, 4) is 5.75 Å². The lowest BCUT2D eigenvalue weighted by molar-refractivity contribution is 0.357. The number of halogens is 2. The molecule has 21 heavy (non-hydrogen) atoms. The lowest BCUT2D eigenvalue weighted by atomic mass is 10.1. The highest BCUT2D eigenvalue weighted by molar-refractivity contribution is 5.39. The molecule has 0 saturated carbocycles. The van der Waals surface area contributed by atoms with Gasteiger partial charge in [-0.15, -0.1) is 0 Å². The van der Waals surface area contributed by atoms with Crippen LogP contribution in [0.2, 0.25) is 0 Å². The quantitative estimate of drug-likeness (QED) is 0.853. The maximum absolute atomic E-state index is 13.1. The van der Waals surface area contributed by atoms with Gasteiger partial charge in [-0.2, -0.15) is 0 Å². The van der Waals surface area contributed by atoms with Crippen LogP contribution in [0.4, 0.5) is 8.78 Å². The molecule has 2 aromatic rings. The Morgan fingerprint density at radius 1 is 1.00 bits per heavy atom. The topological polar surface area (TPSA) is 21.3 Å². The Hall–Kier alpha value is -1.94. The molecule has 0 saturated heterocycles. The molecule has 0 spiro atoms. The molecule has 0 bridgehead atoms. The van der Waals surface area contributed by atoms with Crippen LogP contribution < -0.4 is 10.1 Å². The molecule has 2 aromatic carbocycles. The third kappa shape index (κ3) is 3.58. The first-order valence-electron chi connectivity index (χ1n) is 7.11. The van der Waals surface area contributed by atoms with Crippen molar-refractivity contribution in [1.82, 2.24) is 5.32 Å². The fourth-order valence-corrected chi connectivity index (χ4v) is 2.57. The zero-order chi connectivity index (χ0) is 14.7. The normalized spacial score (nSPS) is 13.0. The average Bonchev–Trinajstić information content (AvgIpc) is 2.90. The molecule has 0 fully saturated rings. The van der Waals surface area contributed by atoms with E-state index in [1.54, 1.807) is 0 Å². The molecule has 110 valence electrons. The second-order valence-corrected chi connectivity index (χ2v) is 5.25. The fraction of sp³-hybridized carbons (Fsp3) is 0.294. The molecule has 0 amide bonds. The lowest BCUT2D eigenvalue weighted by Gasteiger charge is -2.07. The van der Waals surface area contributed by atoms with Gasteiger partial charge >= 0.3 is 0 Å². The molecule has 1 aliphatic rings. The van der Waals surface area contributed by atoms with E-state index in [4.69, 9.17) is 4.74 Å². The van der Waals surface area contributed by atoms with Gasteiger partial charge in [-0.3, -0.25) is 0 Å². The van der Waals surface area contributed by atoms with Gasteiger partial charge in [-0.25, -0.2) is 8.78 Å². The maximum atomic E-state index is 13.1. The Kier molecular flexibility index (Phi) is 4.15. The van der Waals surface area contributed by atoms with Crippen molar-refractivity contribution in [2.45, 2.75) is 19.4 Å². The van der Waals surface area contributed by atoms with Crippen LogP contribution in [0.1, 0.15) is 16.7 Å². The summed E-state index contributed by atoms with van der Waals surface area (Å²) in [5.74, 6) is -0.0683. The Morgan fingerprint density at radius 2 is 1.81 bits per heavy atom. The molecule has 1 aliphatic heterocycles. The molecule has 1 heterocycles. The van der Waals surface area contributed by atoms with E-state index in [2.05, 4.69) is 11.4 Å². The van der Waals surface area contributed by atoms with Crippen LogP contribution >= 0.6 is 0 Å². The maximum Gasteiger partial charge on any atom is 0.126 e. The van der Waals surface area contributed by atoms with Crippen molar-refractivity contribution >= 4 is 0 Å². The highest BCUT2D eigenvalue weighted by Crippen LogP contribution is 2.25. The van der Waals surface area contributed by atoms with Crippen molar-refractivity contribution < 1.29 is 13.5 Å². The van der Waals surface area contributed by atoms with Crippen LogP contribution in [0.15, 0.2) is 36.4 Å². The smallest absolute Gasteiger partial charge is 0.126 e. The zero-order valence-corrected chi connectivity index (χ0v) is 11.7. The Morgan fingerprint density at radius 3 is 2.62 bits per heavy atom. The molecular weight excluding hydrogens is 272 g/mol. The van der Waals surface area contributed by atoms with Crippen LogP contribution in [0, 0.1) is 11.6 Å². The molecule has 0 radical (unpaired) electrons. The number of nitrogens with one attached hydrogen (secondary N) is 1. The Bertz CT molecular complexity index is 622. The fourth-order valence-electron chi connectivity index (χ4n) is 2.57. The number of fused-ring (bicyclic) bond motifs is 1. The Balaban J connectivity index is 1.50. The number of ether oxygens (including phenoxy) is 1. The molecule has 0 aliphatic carbocycles. The van der Waals surface area contributed by atoms with Crippen molar-refractivity contribution in [1.29, 1.82) is 0 Å². The lowest BCUT2D eigenvalue weighted by Crippen LogP contribution is -2.16. The van der Waals surface area contributed by atoms with Crippen LogP contribution in [-0.2, 0) is 19.4 Å². The van der Waals surface area contributed by atoms with Gasteiger partial charge in [0.15, 0.2) is 0 Å². The third-order valence-corrected chi connectivity index (χ3v) is 3.60. The van der Waals surface area contributed by atoms with Crippen molar-refractivity contribution in [2.24, 2.45) is 0 Å². The molecule has 4 heteroatoms. The van der Waals surface area contributed by atoms with E-state index in [9.17, 15) is 8.78 Å². The van der Waals surface area contributed by atoms with Crippen LogP contribution in [-0.4, -0.2) is 13.2 Å². The van der Waals surface area contributed by atoms with Gasteiger partial charge in [-0.05, 0) is 47.9 Å². The van der Waals surface area contributed by atoms with E-state index in [1.807, 2.05) is 12.1 Å². The number of rotatable bonds is 5. The minimum absolute atomic E-state index is 0.524. The van der Waals surface area contributed by atoms with Gasteiger partial charge in [0.1, 0.15) is 17.4 Å². The van der Waals surface area contributed by atoms with Gasteiger partial charge in [0, 0.05) is 19.0 Å². The second-order valence-electron chi connectivity index (χ2n) is 5.25. The van der Waals surface area contributed by atoms with Crippen molar-refractivity contribution in [3.05, 3.63) is 64.7 Å². The number of benzene rings is 2. The number of hydrogen-bond acceptors (Lipinski definition) is 2. The van der Waals surface area contributed by atoms with E-state index in [0.717, 1.165) is 31.4 Å². The van der Waals surface area contributed by atoms with Gasteiger partial charge in [0.05, 0.1) is 6.61 Å². The van der Waals surface area contributed by atoms with E-state index in [0.29, 0.717) is 18.5 Å². The first-order chi connectivity index (χ1) is 10.2. The third-order valence-electron chi connectivity index (χ3n) is 3.60. The van der Waals surface area contributed by atoms with E-state index in [-0.39, 0.29) is 0 Å². The molecule has 3 rings (SSSR count). The standard InChI is InChI=1S/C17H17F2NO/c18-15-8-12(9-16(19)10-15)3-5-20-11-13-1-2-17-14(7-13)4-6-21-17/h1-2,7-10,20H,3-6,11H2. The Labute approximate surface area is 122 Å². The van der Waals surface area contributed by atoms with Crippen LogP contribution in [0.3, 0.4) is 0 Å². The monoisotopic (exact) mass is 289 g/mol. The van der Waals surface area contributed by atoms with Crippen LogP contribution in [0.5, 0.6) is 5.75 Å². The van der Waals surface area contributed by atoms with E-state index >= 15 is 0 Å². The SMILES string of the molecule is Fc1cc(F)cc(CCNCc2ccc3c(c2)CCO3)c1. The summed E-state index contributed by atoms with van der Waals surface area (Å²) in [7, 11) is 0. The summed E-state index contributed by atoms with van der Waals surface area (Å²) < 4.78 is 31.6. The summed E-state index contributed by atoms with van der Waals surface area (Å²) in [6.45, 7) is 2.18. The first kappa shape index (κ1) is 14.0. The zero-order valence-electron chi connectivity index (χ0n) is 11.7. The highest BCUT2D eigenvalue weighted by Gasteiger charge is 2.11. The van der Waals surface area contributed by atoms with E-state index < -0.39 is 11.6 Å². The average molecular weight is 289 g/mol. The van der Waals surface area contributed by atoms with E-state index in [1.165, 1.54) is 23.3 Å². The summed E-state index contributed by atoms with van der Waals surface area (Å²) in [6, 6.07) is 9.83. The summed E-state index contributed by atoms with van der Waals surface area (Å²) >= 11 is 0. The van der Waals surface area contributed by atoms with Gasteiger partial charge in [-0.1, -0.05) is 12.1 Å². The predicted molar refractivity (Wildman–Crippen MR) is 77.4 cm³/mol. The second kappa shape index (κ2) is 6.22. The minimum atomic E-state index is -0.524. The molecule has 0 aromatic heterocycles. The molecule has 1 N–H and O–H groups in total. The van der Waals surface area contributed by atoms with Gasteiger partial charge in [0.2, 0.25) is 0 Å². The highest BCUT2D eigenvalue weighted by atomic mass is 19.1. The van der Waals surface area contributed by atoms with Crippen molar-refractivity contribution in [2.75, 3.05) is 13.2 Å². The molecular formula is C17H17F2NO. The summed E-state index contributed by atoms with van der Waals surface area (Å²) in [5.41, 5.74) is 3.12. The summed E-state index contributed by atoms with van der Waals surface area (Å²) in [5, 5.41) is 3.29. The van der Waals surface area contributed by atoms with Crippen molar-refractivity contribution in [3.63, 3.8) is 0 Å². The van der Waals surface area contributed by atoms with Gasteiger partial charge < -0.3 is 10.1 Å². The molecule has 0 atom stereocenters. The molecule has 0 unspecified atom stereocenters. The van der Waals surface area contributed by atoms with Gasteiger partial charge in [0.25, 0.3) is 0 Å².